The van der Waals surface area contributed by atoms with Gasteiger partial charge in [0.15, 0.2) is 0 Å². The van der Waals surface area contributed by atoms with E-state index in [1.165, 1.54) is 22.1 Å². The highest BCUT2D eigenvalue weighted by Gasteiger charge is 2.29. The molecule has 1 radical (unpaired) electrons. The summed E-state index contributed by atoms with van der Waals surface area (Å²) in [7, 11) is -1.35. The predicted molar refractivity (Wildman–Crippen MR) is 128 cm³/mol. The van der Waals surface area contributed by atoms with E-state index in [9.17, 15) is 4.79 Å². The van der Waals surface area contributed by atoms with E-state index in [0.717, 1.165) is 25.7 Å². The first-order valence-corrected chi connectivity index (χ1v) is 12.7. The average Bonchev–Trinajstić information content (AvgIpc) is 3.29. The monoisotopic (exact) mass is 447 g/mol. The summed E-state index contributed by atoms with van der Waals surface area (Å²) >= 11 is 0. The Morgan fingerprint density at radius 1 is 1.00 bits per heavy atom. The third-order valence-electron chi connectivity index (χ3n) is 6.20. The summed E-state index contributed by atoms with van der Waals surface area (Å²) in [6.45, 7) is 6.71. The summed E-state index contributed by atoms with van der Waals surface area (Å²) in [5, 5.41) is 16.0. The lowest BCUT2D eigenvalue weighted by atomic mass is 9.87. The van der Waals surface area contributed by atoms with Crippen molar-refractivity contribution in [2.24, 2.45) is 0 Å². The third-order valence-corrected chi connectivity index (χ3v) is 8.48. The molecule has 5 nitrogen and oxygen atoms in total. The van der Waals surface area contributed by atoms with Gasteiger partial charge in [0.1, 0.15) is 0 Å². The molecule has 1 aliphatic rings. The van der Waals surface area contributed by atoms with Gasteiger partial charge in [0.05, 0.1) is 17.8 Å². The first-order valence-electron chi connectivity index (χ1n) is 11.3. The van der Waals surface area contributed by atoms with Crippen LogP contribution in [-0.2, 0) is 9.84 Å². The van der Waals surface area contributed by atoms with Crippen molar-refractivity contribution in [3.63, 3.8) is 0 Å². The second-order valence-corrected chi connectivity index (χ2v) is 11.6. The molecule has 0 saturated heterocycles. The van der Waals surface area contributed by atoms with Crippen LogP contribution in [0.15, 0.2) is 67.0 Å². The molecule has 1 aromatic heterocycles. The minimum Gasteiger partial charge on any atom is -0.478 e. The number of carbonyl (C=O) groups is 1. The molecule has 1 heterocycles. The standard InChI is InChI=1S/C26H31N2O3Si/c1-26(2,3)20-9-15-24(16-10-20)32(23-7-5-4-6-8-23)31-22-13-11-21(12-14-22)28-18-19(17-27-28)25(29)30/h4-10,15-18,21-22H,11-14H2,1-3H3,(H,29,30). The van der Waals surface area contributed by atoms with Crippen molar-refractivity contribution in [1.29, 1.82) is 0 Å². The molecule has 1 saturated carbocycles. The predicted octanol–water partition coefficient (Wildman–Crippen LogP) is 4.19. The van der Waals surface area contributed by atoms with Crippen LogP contribution in [0.25, 0.3) is 0 Å². The van der Waals surface area contributed by atoms with E-state index in [0.29, 0.717) is 0 Å². The van der Waals surface area contributed by atoms with Crippen LogP contribution in [0.4, 0.5) is 0 Å². The maximum atomic E-state index is 11.1. The van der Waals surface area contributed by atoms with Crippen LogP contribution in [0.2, 0.25) is 0 Å². The van der Waals surface area contributed by atoms with Crippen molar-refractivity contribution >= 4 is 25.4 Å². The van der Waals surface area contributed by atoms with Gasteiger partial charge in [-0.1, -0.05) is 75.4 Å². The lowest BCUT2D eigenvalue weighted by Crippen LogP contribution is -2.48. The van der Waals surface area contributed by atoms with Gasteiger partial charge >= 0.3 is 5.97 Å². The molecule has 2 aromatic carbocycles. The fourth-order valence-corrected chi connectivity index (χ4v) is 6.40. The Morgan fingerprint density at radius 2 is 1.62 bits per heavy atom. The van der Waals surface area contributed by atoms with Crippen LogP contribution in [-0.4, -0.2) is 36.0 Å². The average molecular weight is 448 g/mol. The van der Waals surface area contributed by atoms with Crippen LogP contribution in [0.3, 0.4) is 0 Å². The molecule has 0 aliphatic heterocycles. The molecule has 0 unspecified atom stereocenters. The number of benzene rings is 2. The van der Waals surface area contributed by atoms with Gasteiger partial charge in [0.2, 0.25) is 0 Å². The van der Waals surface area contributed by atoms with Crippen LogP contribution in [0.5, 0.6) is 0 Å². The zero-order valence-electron chi connectivity index (χ0n) is 19.0. The Kier molecular flexibility index (Phi) is 6.62. The number of hydrogen-bond donors (Lipinski definition) is 1. The van der Waals surface area contributed by atoms with Gasteiger partial charge in [-0.2, -0.15) is 5.10 Å². The topological polar surface area (TPSA) is 64.3 Å². The van der Waals surface area contributed by atoms with Crippen LogP contribution in [0.1, 0.15) is 68.4 Å². The highest BCUT2D eigenvalue weighted by Crippen LogP contribution is 2.30. The van der Waals surface area contributed by atoms with Gasteiger partial charge in [-0.15, -0.1) is 0 Å². The van der Waals surface area contributed by atoms with E-state index in [1.54, 1.807) is 6.20 Å². The molecule has 1 N–H and O–H groups in total. The Hall–Kier alpha value is -2.70. The van der Waals surface area contributed by atoms with Crippen molar-refractivity contribution in [3.8, 4) is 0 Å². The number of hydrogen-bond acceptors (Lipinski definition) is 3. The molecule has 0 atom stereocenters. The second kappa shape index (κ2) is 9.43. The Labute approximate surface area is 191 Å². The molecular formula is C26H31N2O3Si. The van der Waals surface area contributed by atoms with Gasteiger partial charge in [-0.05, 0) is 47.0 Å². The number of aromatic nitrogens is 2. The van der Waals surface area contributed by atoms with Crippen LogP contribution >= 0.6 is 0 Å². The van der Waals surface area contributed by atoms with E-state index < -0.39 is 15.0 Å². The minimum absolute atomic E-state index is 0.129. The smallest absolute Gasteiger partial charge is 0.338 e. The van der Waals surface area contributed by atoms with Crippen LogP contribution in [0, 0.1) is 0 Å². The number of aromatic carboxylic acids is 1. The molecule has 6 heteroatoms. The van der Waals surface area contributed by atoms with Gasteiger partial charge in [0.25, 0.3) is 9.04 Å². The van der Waals surface area contributed by atoms with Gasteiger partial charge in [-0.25, -0.2) is 4.79 Å². The summed E-state index contributed by atoms with van der Waals surface area (Å²) in [6.07, 6.45) is 7.07. The first-order chi connectivity index (χ1) is 15.3. The normalized spacial score (nSPS) is 19.2. The molecule has 0 spiro atoms. The number of nitrogens with zero attached hydrogens (tertiary/aromatic N) is 2. The van der Waals surface area contributed by atoms with E-state index in [4.69, 9.17) is 9.53 Å². The lowest BCUT2D eigenvalue weighted by Gasteiger charge is -2.31. The first kappa shape index (κ1) is 22.5. The van der Waals surface area contributed by atoms with Crippen molar-refractivity contribution < 1.29 is 14.3 Å². The molecule has 167 valence electrons. The Morgan fingerprint density at radius 3 is 2.19 bits per heavy atom. The molecule has 32 heavy (non-hydrogen) atoms. The Balaban J connectivity index is 1.47. The van der Waals surface area contributed by atoms with Crippen molar-refractivity contribution in [2.75, 3.05) is 0 Å². The van der Waals surface area contributed by atoms with Gasteiger partial charge in [-0.3, -0.25) is 4.68 Å². The SMILES string of the molecule is CC(C)(C)c1ccc([Si](OC2CCC(n3cc(C(=O)O)cn3)CC2)c2ccccc2)cc1. The largest absolute Gasteiger partial charge is 0.478 e. The summed E-state index contributed by atoms with van der Waals surface area (Å²) in [6, 6.07) is 19.8. The number of carboxylic acid groups (broad SMARTS) is 1. The molecule has 1 fully saturated rings. The van der Waals surface area contributed by atoms with E-state index >= 15 is 0 Å². The summed E-state index contributed by atoms with van der Waals surface area (Å²) < 4.78 is 8.61. The fourth-order valence-electron chi connectivity index (χ4n) is 4.26. The summed E-state index contributed by atoms with van der Waals surface area (Å²) in [5.74, 6) is -0.930. The molecule has 4 rings (SSSR count). The van der Waals surface area contributed by atoms with Crippen molar-refractivity contribution in [2.45, 2.75) is 64.0 Å². The maximum absolute atomic E-state index is 11.1. The number of carboxylic acids is 1. The highest BCUT2D eigenvalue weighted by atomic mass is 28.3. The maximum Gasteiger partial charge on any atom is 0.338 e. The van der Waals surface area contributed by atoms with Crippen molar-refractivity contribution in [3.05, 3.63) is 78.1 Å². The molecule has 1 aliphatic carbocycles. The van der Waals surface area contributed by atoms with E-state index in [-0.39, 0.29) is 23.1 Å². The minimum atomic E-state index is -1.35. The van der Waals surface area contributed by atoms with Crippen LogP contribution < -0.4 is 10.4 Å². The Bertz CT molecular complexity index is 1030. The van der Waals surface area contributed by atoms with E-state index in [2.05, 4.69) is 74.4 Å². The zero-order valence-corrected chi connectivity index (χ0v) is 20.0. The summed E-state index contributed by atoms with van der Waals surface area (Å²) in [4.78, 5) is 11.1. The molecule has 3 aromatic rings. The quantitative estimate of drug-likeness (QED) is 0.576. The third kappa shape index (κ3) is 5.19. The number of rotatable bonds is 6. The van der Waals surface area contributed by atoms with Gasteiger partial charge in [0, 0.05) is 12.3 Å². The molecule has 0 bridgehead atoms. The molecule has 0 amide bonds. The highest BCUT2D eigenvalue weighted by molar-refractivity contribution is 6.80. The lowest BCUT2D eigenvalue weighted by molar-refractivity contribution is 0.0696. The van der Waals surface area contributed by atoms with Crippen molar-refractivity contribution in [1.82, 2.24) is 9.78 Å². The second-order valence-electron chi connectivity index (χ2n) is 9.59. The molecular weight excluding hydrogens is 416 g/mol. The summed E-state index contributed by atoms with van der Waals surface area (Å²) in [5.41, 5.74) is 1.71. The van der Waals surface area contributed by atoms with Gasteiger partial charge < -0.3 is 9.53 Å². The zero-order chi connectivity index (χ0) is 22.7. The van der Waals surface area contributed by atoms with E-state index in [1.807, 2.05) is 10.7 Å². The fraction of sp³-hybridized carbons (Fsp3) is 0.385.